The molecule has 0 heterocycles. The zero-order valence-corrected chi connectivity index (χ0v) is 11.6. The highest BCUT2D eigenvalue weighted by molar-refractivity contribution is 6.31. The molecule has 2 aromatic rings. The van der Waals surface area contributed by atoms with Gasteiger partial charge in [-0.1, -0.05) is 48.0 Å². The predicted octanol–water partition coefficient (Wildman–Crippen LogP) is 3.90. The first-order valence-corrected chi connectivity index (χ1v) is 6.68. The molecule has 2 rings (SSSR count). The maximum absolute atomic E-state index is 13.3. The molecule has 0 fully saturated rings. The van der Waals surface area contributed by atoms with Crippen molar-refractivity contribution in [2.75, 3.05) is 0 Å². The van der Waals surface area contributed by atoms with E-state index >= 15 is 0 Å². The summed E-state index contributed by atoms with van der Waals surface area (Å²) < 4.78 is 13.3. The normalized spacial score (nSPS) is 12.4. The predicted molar refractivity (Wildman–Crippen MR) is 78.0 cm³/mol. The van der Waals surface area contributed by atoms with Gasteiger partial charge in [0.2, 0.25) is 0 Å². The largest absolute Gasteiger partial charge is 0.327 e. The molecule has 1 unspecified atom stereocenters. The van der Waals surface area contributed by atoms with E-state index in [4.69, 9.17) is 17.3 Å². The van der Waals surface area contributed by atoms with E-state index in [1.54, 1.807) is 6.07 Å². The van der Waals surface area contributed by atoms with Crippen molar-refractivity contribution >= 4 is 11.6 Å². The summed E-state index contributed by atoms with van der Waals surface area (Å²) in [5, 5.41) is 0.183. The molecule has 0 saturated heterocycles. The monoisotopic (exact) mass is 277 g/mol. The lowest BCUT2D eigenvalue weighted by atomic mass is 9.97. The van der Waals surface area contributed by atoms with E-state index in [2.05, 4.69) is 19.1 Å². The summed E-state index contributed by atoms with van der Waals surface area (Å²) in [4.78, 5) is 0. The molecule has 0 radical (unpaired) electrons. The second-order valence-electron chi connectivity index (χ2n) is 4.81. The van der Waals surface area contributed by atoms with E-state index < -0.39 is 0 Å². The third-order valence-corrected chi connectivity index (χ3v) is 3.68. The molecule has 2 aromatic carbocycles. The van der Waals surface area contributed by atoms with Crippen LogP contribution in [0.5, 0.6) is 0 Å². The summed E-state index contributed by atoms with van der Waals surface area (Å²) >= 11 is 5.94. The molecule has 0 aliphatic rings. The van der Waals surface area contributed by atoms with Crippen LogP contribution in [-0.2, 0) is 12.8 Å². The molecule has 0 bridgehead atoms. The standard InChI is InChI=1S/C16H17ClFN/c1-11-5-2-3-6-12(11)9-14(19)10-13-7-4-8-15(18)16(13)17/h2-8,14H,9-10,19H2,1H3. The van der Waals surface area contributed by atoms with Crippen LogP contribution in [0.1, 0.15) is 16.7 Å². The van der Waals surface area contributed by atoms with Crippen molar-refractivity contribution in [3.8, 4) is 0 Å². The van der Waals surface area contributed by atoms with Crippen molar-refractivity contribution in [2.45, 2.75) is 25.8 Å². The molecular formula is C16H17ClFN. The summed E-state index contributed by atoms with van der Waals surface area (Å²) in [7, 11) is 0. The first-order chi connectivity index (χ1) is 9.08. The minimum absolute atomic E-state index is 0.0691. The van der Waals surface area contributed by atoms with Crippen LogP contribution in [0, 0.1) is 12.7 Å². The molecule has 0 aliphatic heterocycles. The fraction of sp³-hybridized carbons (Fsp3) is 0.250. The maximum atomic E-state index is 13.3. The van der Waals surface area contributed by atoms with Crippen LogP contribution in [-0.4, -0.2) is 6.04 Å². The van der Waals surface area contributed by atoms with Crippen LogP contribution < -0.4 is 5.73 Å². The van der Waals surface area contributed by atoms with Gasteiger partial charge in [0.25, 0.3) is 0 Å². The van der Waals surface area contributed by atoms with Crippen LogP contribution >= 0.6 is 11.6 Å². The lowest BCUT2D eigenvalue weighted by Gasteiger charge is -2.14. The van der Waals surface area contributed by atoms with Gasteiger partial charge in [-0.15, -0.1) is 0 Å². The molecule has 0 aliphatic carbocycles. The van der Waals surface area contributed by atoms with Gasteiger partial charge in [0.1, 0.15) is 5.82 Å². The SMILES string of the molecule is Cc1ccccc1CC(N)Cc1cccc(F)c1Cl. The van der Waals surface area contributed by atoms with Crippen LogP contribution in [0.15, 0.2) is 42.5 Å². The van der Waals surface area contributed by atoms with E-state index in [1.807, 2.05) is 18.2 Å². The van der Waals surface area contributed by atoms with Crippen molar-refractivity contribution < 1.29 is 4.39 Å². The Balaban J connectivity index is 2.08. The summed E-state index contributed by atoms with van der Waals surface area (Å²) in [6, 6.07) is 12.9. The molecule has 19 heavy (non-hydrogen) atoms. The van der Waals surface area contributed by atoms with Crippen molar-refractivity contribution in [1.82, 2.24) is 0 Å². The molecule has 0 spiro atoms. The number of rotatable bonds is 4. The lowest BCUT2D eigenvalue weighted by molar-refractivity contribution is 0.618. The minimum Gasteiger partial charge on any atom is -0.327 e. The third kappa shape index (κ3) is 3.55. The van der Waals surface area contributed by atoms with Crippen LogP contribution in [0.3, 0.4) is 0 Å². The summed E-state index contributed by atoms with van der Waals surface area (Å²) in [5.41, 5.74) is 9.36. The molecule has 0 saturated carbocycles. The smallest absolute Gasteiger partial charge is 0.142 e. The average molecular weight is 278 g/mol. The van der Waals surface area contributed by atoms with Gasteiger partial charge in [0.05, 0.1) is 5.02 Å². The summed E-state index contributed by atoms with van der Waals surface area (Å²) in [6.45, 7) is 2.07. The average Bonchev–Trinajstić information content (AvgIpc) is 2.38. The zero-order valence-electron chi connectivity index (χ0n) is 10.9. The Hall–Kier alpha value is -1.38. The highest BCUT2D eigenvalue weighted by Crippen LogP contribution is 2.21. The quantitative estimate of drug-likeness (QED) is 0.901. The van der Waals surface area contributed by atoms with Gasteiger partial charge >= 0.3 is 0 Å². The summed E-state index contributed by atoms with van der Waals surface area (Å²) in [5.74, 6) is -0.387. The Kier molecular flexibility index (Phi) is 4.56. The second-order valence-corrected chi connectivity index (χ2v) is 5.19. The van der Waals surface area contributed by atoms with Gasteiger partial charge in [-0.05, 0) is 42.5 Å². The Morgan fingerprint density at radius 3 is 2.42 bits per heavy atom. The lowest BCUT2D eigenvalue weighted by Crippen LogP contribution is -2.26. The van der Waals surface area contributed by atoms with Crippen LogP contribution in [0.4, 0.5) is 4.39 Å². The van der Waals surface area contributed by atoms with Crippen molar-refractivity contribution in [1.29, 1.82) is 0 Å². The topological polar surface area (TPSA) is 26.0 Å². The van der Waals surface area contributed by atoms with E-state index in [0.717, 1.165) is 12.0 Å². The molecule has 2 N–H and O–H groups in total. The minimum atomic E-state index is -0.387. The second kappa shape index (κ2) is 6.18. The fourth-order valence-corrected chi connectivity index (χ4v) is 2.39. The number of hydrogen-bond donors (Lipinski definition) is 1. The van der Waals surface area contributed by atoms with E-state index in [1.165, 1.54) is 17.2 Å². The molecule has 1 nitrogen and oxygen atoms in total. The van der Waals surface area contributed by atoms with E-state index in [-0.39, 0.29) is 16.9 Å². The van der Waals surface area contributed by atoms with Gasteiger partial charge in [-0.3, -0.25) is 0 Å². The molecule has 0 aromatic heterocycles. The van der Waals surface area contributed by atoms with Crippen LogP contribution in [0.25, 0.3) is 0 Å². The number of halogens is 2. The third-order valence-electron chi connectivity index (χ3n) is 3.26. The van der Waals surface area contributed by atoms with Crippen LogP contribution in [0.2, 0.25) is 5.02 Å². The number of nitrogens with two attached hydrogens (primary N) is 1. The number of aryl methyl sites for hydroxylation is 1. The number of benzene rings is 2. The molecule has 100 valence electrons. The van der Waals surface area contributed by atoms with Gasteiger partial charge in [-0.2, -0.15) is 0 Å². The maximum Gasteiger partial charge on any atom is 0.142 e. The number of hydrogen-bond acceptors (Lipinski definition) is 1. The fourth-order valence-electron chi connectivity index (χ4n) is 2.18. The Bertz CT molecular complexity index is 568. The Labute approximate surface area is 118 Å². The van der Waals surface area contributed by atoms with Gasteiger partial charge in [0.15, 0.2) is 0 Å². The Morgan fingerprint density at radius 1 is 1.05 bits per heavy atom. The highest BCUT2D eigenvalue weighted by atomic mass is 35.5. The van der Waals surface area contributed by atoms with Crippen molar-refractivity contribution in [3.05, 3.63) is 70.0 Å². The first-order valence-electron chi connectivity index (χ1n) is 6.31. The van der Waals surface area contributed by atoms with Crippen molar-refractivity contribution in [2.24, 2.45) is 5.73 Å². The molecular weight excluding hydrogens is 261 g/mol. The Morgan fingerprint density at radius 2 is 1.68 bits per heavy atom. The molecule has 3 heteroatoms. The van der Waals surface area contributed by atoms with E-state index in [0.29, 0.717) is 6.42 Å². The summed E-state index contributed by atoms with van der Waals surface area (Å²) in [6.07, 6.45) is 1.34. The first kappa shape index (κ1) is 14.0. The zero-order chi connectivity index (χ0) is 13.8. The van der Waals surface area contributed by atoms with Gasteiger partial charge < -0.3 is 5.73 Å². The van der Waals surface area contributed by atoms with Gasteiger partial charge in [-0.25, -0.2) is 4.39 Å². The molecule has 0 amide bonds. The molecule has 1 atom stereocenters. The van der Waals surface area contributed by atoms with Crippen molar-refractivity contribution in [3.63, 3.8) is 0 Å². The highest BCUT2D eigenvalue weighted by Gasteiger charge is 2.11. The van der Waals surface area contributed by atoms with Gasteiger partial charge in [0, 0.05) is 6.04 Å². The van der Waals surface area contributed by atoms with E-state index in [9.17, 15) is 4.39 Å².